The Bertz CT molecular complexity index is 1430. The van der Waals surface area contributed by atoms with E-state index >= 15 is 0 Å². The smallest absolute Gasteiger partial charge is 0.182 e. The summed E-state index contributed by atoms with van der Waals surface area (Å²) in [5.41, 5.74) is 6.94. The van der Waals surface area contributed by atoms with Gasteiger partial charge in [0.05, 0.1) is 5.56 Å². The zero-order valence-corrected chi connectivity index (χ0v) is 17.2. The van der Waals surface area contributed by atoms with Crippen LogP contribution < -0.4 is 4.57 Å². The highest BCUT2D eigenvalue weighted by molar-refractivity contribution is 7.26. The Morgan fingerprint density at radius 3 is 2.46 bits per heavy atom. The Hall–Kier alpha value is -2.71. The van der Waals surface area contributed by atoms with Crippen LogP contribution in [0.5, 0.6) is 0 Å². The number of nitrogens with zero attached hydrogens (tertiary/aromatic N) is 1. The van der Waals surface area contributed by atoms with Crippen LogP contribution in [0.25, 0.3) is 42.3 Å². The molecule has 0 N–H and O–H groups in total. The summed E-state index contributed by atoms with van der Waals surface area (Å²) in [7, 11) is 0. The zero-order chi connectivity index (χ0) is 19.0. The molecule has 0 bridgehead atoms. The van der Waals surface area contributed by atoms with Crippen molar-refractivity contribution in [1.29, 1.82) is 0 Å². The largest absolute Gasteiger partial charge is 0.216 e. The van der Waals surface area contributed by atoms with Gasteiger partial charge >= 0.3 is 0 Å². The lowest BCUT2D eigenvalue weighted by molar-refractivity contribution is -0.712. The van der Waals surface area contributed by atoms with Crippen LogP contribution in [0.1, 0.15) is 31.4 Å². The normalized spacial score (nSPS) is 18.1. The first-order chi connectivity index (χ1) is 13.6. The quantitative estimate of drug-likeness (QED) is 0.277. The second-order valence-corrected chi connectivity index (χ2v) is 9.21. The number of thiophene rings is 1. The molecular formula is C26H22NS+. The predicted molar refractivity (Wildman–Crippen MR) is 120 cm³/mol. The first-order valence-corrected chi connectivity index (χ1v) is 10.8. The number of hydrogen-bond donors (Lipinski definition) is 0. The molecular weight excluding hydrogens is 358 g/mol. The topological polar surface area (TPSA) is 3.88 Å². The third-order valence-corrected chi connectivity index (χ3v) is 7.93. The van der Waals surface area contributed by atoms with Gasteiger partial charge in [-0.1, -0.05) is 49.4 Å². The molecule has 5 aromatic rings. The maximum atomic E-state index is 2.60. The summed E-state index contributed by atoms with van der Waals surface area (Å²) in [5, 5.41) is 4.11. The van der Waals surface area contributed by atoms with Gasteiger partial charge in [-0.15, -0.1) is 11.3 Å². The standard InChI is InChI=1S/C26H22NS/c1-4-26(3)20-14-13-19-18-10-6-8-12-23(18)28-25(19)24(20)22-15-16(2)17-9-5-7-11-21(17)27(22)26/h5-15H,4H2,1-3H3/q+1. The van der Waals surface area contributed by atoms with Crippen molar-refractivity contribution in [1.82, 2.24) is 0 Å². The molecule has 1 nitrogen and oxygen atoms in total. The molecule has 28 heavy (non-hydrogen) atoms. The van der Waals surface area contributed by atoms with Crippen molar-refractivity contribution in [2.24, 2.45) is 0 Å². The monoisotopic (exact) mass is 380 g/mol. The average Bonchev–Trinajstić information content (AvgIpc) is 3.22. The Kier molecular flexibility index (Phi) is 3.15. The molecule has 3 aromatic carbocycles. The van der Waals surface area contributed by atoms with Crippen molar-refractivity contribution in [2.75, 3.05) is 0 Å². The lowest BCUT2D eigenvalue weighted by Gasteiger charge is -2.20. The molecule has 0 aliphatic carbocycles. The van der Waals surface area contributed by atoms with Gasteiger partial charge in [0.15, 0.2) is 5.54 Å². The maximum absolute atomic E-state index is 2.60. The van der Waals surface area contributed by atoms with Crippen LogP contribution in [0.3, 0.4) is 0 Å². The van der Waals surface area contributed by atoms with Crippen LogP contribution in [-0.2, 0) is 5.54 Å². The fourth-order valence-corrected chi connectivity index (χ4v) is 6.41. The number of aromatic nitrogens is 1. The molecule has 0 saturated heterocycles. The molecule has 1 atom stereocenters. The number of pyridine rings is 1. The Labute approximate surface area is 168 Å². The SMILES string of the molecule is CCC1(C)c2ccc3c(sc4ccccc43)c2-c2cc(C)c3ccccc3[n+]21. The lowest BCUT2D eigenvalue weighted by Crippen LogP contribution is -2.52. The molecule has 2 heteroatoms. The first kappa shape index (κ1) is 16.3. The Balaban J connectivity index is 1.85. The number of benzene rings is 3. The van der Waals surface area contributed by atoms with E-state index in [2.05, 4.69) is 92.1 Å². The third-order valence-electron chi connectivity index (χ3n) is 6.73. The summed E-state index contributed by atoms with van der Waals surface area (Å²) in [6.07, 6.45) is 1.07. The maximum Gasteiger partial charge on any atom is 0.216 e. The third kappa shape index (κ3) is 1.84. The summed E-state index contributed by atoms with van der Waals surface area (Å²) >= 11 is 1.94. The number of para-hydroxylation sites is 1. The summed E-state index contributed by atoms with van der Waals surface area (Å²) in [4.78, 5) is 0. The fraction of sp³-hybridized carbons (Fsp3) is 0.192. The Morgan fingerprint density at radius 1 is 0.893 bits per heavy atom. The minimum atomic E-state index is -0.0255. The van der Waals surface area contributed by atoms with E-state index in [-0.39, 0.29) is 5.54 Å². The van der Waals surface area contributed by atoms with Gasteiger partial charge in [0.2, 0.25) is 11.2 Å². The minimum Gasteiger partial charge on any atom is -0.182 e. The molecule has 0 amide bonds. The highest BCUT2D eigenvalue weighted by Crippen LogP contribution is 2.48. The van der Waals surface area contributed by atoms with Crippen LogP contribution in [0.4, 0.5) is 0 Å². The fourth-order valence-electron chi connectivity index (χ4n) is 5.16. The van der Waals surface area contributed by atoms with Gasteiger partial charge < -0.3 is 0 Å². The second-order valence-electron chi connectivity index (χ2n) is 8.16. The van der Waals surface area contributed by atoms with Crippen molar-refractivity contribution < 1.29 is 4.57 Å². The molecule has 3 heterocycles. The zero-order valence-electron chi connectivity index (χ0n) is 16.4. The van der Waals surface area contributed by atoms with Crippen molar-refractivity contribution in [3.8, 4) is 11.3 Å². The highest BCUT2D eigenvalue weighted by atomic mass is 32.1. The molecule has 0 fully saturated rings. The number of fused-ring (bicyclic) bond motifs is 9. The molecule has 0 saturated carbocycles. The predicted octanol–water partition coefficient (Wildman–Crippen LogP) is 6.96. The van der Waals surface area contributed by atoms with Gasteiger partial charge in [-0.05, 0) is 24.6 Å². The van der Waals surface area contributed by atoms with Gasteiger partial charge in [0.25, 0.3) is 0 Å². The van der Waals surface area contributed by atoms with Gasteiger partial charge in [0, 0.05) is 56.6 Å². The van der Waals surface area contributed by atoms with E-state index < -0.39 is 0 Å². The van der Waals surface area contributed by atoms with Crippen LogP contribution in [0.15, 0.2) is 66.7 Å². The molecule has 1 aliphatic rings. The summed E-state index contributed by atoms with van der Waals surface area (Å²) in [5.74, 6) is 0. The van der Waals surface area contributed by atoms with Crippen LogP contribution in [0.2, 0.25) is 0 Å². The average molecular weight is 381 g/mol. The van der Waals surface area contributed by atoms with E-state index in [0.717, 1.165) is 6.42 Å². The minimum absolute atomic E-state index is 0.0255. The van der Waals surface area contributed by atoms with Crippen LogP contribution in [-0.4, -0.2) is 0 Å². The molecule has 136 valence electrons. The van der Waals surface area contributed by atoms with Gasteiger partial charge in [-0.2, -0.15) is 4.57 Å². The van der Waals surface area contributed by atoms with E-state index in [1.807, 2.05) is 11.3 Å². The van der Waals surface area contributed by atoms with Gasteiger partial charge in [0.1, 0.15) is 0 Å². The molecule has 2 aromatic heterocycles. The van der Waals surface area contributed by atoms with Crippen molar-refractivity contribution >= 4 is 42.4 Å². The van der Waals surface area contributed by atoms with Crippen molar-refractivity contribution in [2.45, 2.75) is 32.7 Å². The van der Waals surface area contributed by atoms with E-state index in [9.17, 15) is 0 Å². The Morgan fingerprint density at radius 2 is 1.64 bits per heavy atom. The number of rotatable bonds is 1. The molecule has 1 aliphatic heterocycles. The summed E-state index contributed by atoms with van der Waals surface area (Å²) in [6, 6.07) is 24.8. The van der Waals surface area contributed by atoms with E-state index in [1.165, 1.54) is 53.5 Å². The summed E-state index contributed by atoms with van der Waals surface area (Å²) in [6.45, 7) is 6.97. The number of hydrogen-bond acceptors (Lipinski definition) is 1. The van der Waals surface area contributed by atoms with E-state index in [0.29, 0.717) is 0 Å². The highest BCUT2D eigenvalue weighted by Gasteiger charge is 2.48. The first-order valence-electron chi connectivity index (χ1n) is 10.0. The van der Waals surface area contributed by atoms with E-state index in [4.69, 9.17) is 0 Å². The van der Waals surface area contributed by atoms with Crippen LogP contribution in [0, 0.1) is 6.92 Å². The van der Waals surface area contributed by atoms with Gasteiger partial charge in [-0.25, -0.2) is 0 Å². The molecule has 0 spiro atoms. The van der Waals surface area contributed by atoms with Crippen molar-refractivity contribution in [3.05, 3.63) is 77.9 Å². The van der Waals surface area contributed by atoms with E-state index in [1.54, 1.807) is 0 Å². The van der Waals surface area contributed by atoms with Crippen molar-refractivity contribution in [3.63, 3.8) is 0 Å². The van der Waals surface area contributed by atoms with Crippen LogP contribution >= 0.6 is 11.3 Å². The lowest BCUT2D eigenvalue weighted by atomic mass is 9.88. The molecule has 1 unspecified atom stereocenters. The van der Waals surface area contributed by atoms with Gasteiger partial charge in [-0.3, -0.25) is 0 Å². The second kappa shape index (κ2) is 5.42. The molecule has 6 rings (SSSR count). The molecule has 0 radical (unpaired) electrons. The summed E-state index contributed by atoms with van der Waals surface area (Å²) < 4.78 is 5.41. The number of aryl methyl sites for hydroxylation is 1.